The molecule has 0 atom stereocenters. The van der Waals surface area contributed by atoms with E-state index in [9.17, 15) is 9.59 Å². The number of ether oxygens (including phenoxy) is 1. The fourth-order valence-corrected chi connectivity index (χ4v) is 1.87. The van der Waals surface area contributed by atoms with Crippen LogP contribution in [0.5, 0.6) is 0 Å². The number of carboxylic acid groups (broad SMARTS) is 1. The highest BCUT2D eigenvalue weighted by Gasteiger charge is 2.06. The molecule has 2 N–H and O–H groups in total. The summed E-state index contributed by atoms with van der Waals surface area (Å²) in [6.45, 7) is 0. The Morgan fingerprint density at radius 3 is 1.80 bits per heavy atom. The predicted molar refractivity (Wildman–Crippen MR) is 93.7 cm³/mol. The molecule has 0 amide bonds. The normalized spacial score (nSPS) is 9.00. The van der Waals surface area contributed by atoms with Gasteiger partial charge in [-0.25, -0.2) is 9.97 Å². The van der Waals surface area contributed by atoms with Gasteiger partial charge in [0, 0.05) is 30.6 Å². The number of carbonyl (C=O) groups excluding carboxylic acids is 1. The molecule has 9 heteroatoms. The summed E-state index contributed by atoms with van der Waals surface area (Å²) >= 11 is 11.3. The average Bonchev–Trinajstić information content (AvgIpc) is 2.61. The highest BCUT2D eigenvalue weighted by atomic mass is 35.5. The van der Waals surface area contributed by atoms with Crippen LogP contribution in [-0.2, 0) is 27.2 Å². The van der Waals surface area contributed by atoms with Crippen LogP contribution in [0.4, 0.5) is 0 Å². The van der Waals surface area contributed by atoms with Gasteiger partial charge in [-0.1, -0.05) is 35.3 Å². The van der Waals surface area contributed by atoms with Gasteiger partial charge in [0.15, 0.2) is 0 Å². The lowest BCUT2D eigenvalue weighted by molar-refractivity contribution is -0.140. The minimum Gasteiger partial charge on any atom is -0.481 e. The maximum absolute atomic E-state index is 10.8. The molecule has 0 aliphatic rings. The Hall–Kier alpha value is -2.22. The molecule has 0 radical (unpaired) electrons. The number of rotatable bonds is 4. The number of esters is 1. The van der Waals surface area contributed by atoms with Gasteiger partial charge in [0.1, 0.15) is 10.3 Å². The van der Waals surface area contributed by atoms with Gasteiger partial charge < -0.3 is 14.9 Å². The van der Waals surface area contributed by atoms with E-state index in [0.29, 0.717) is 16.3 Å². The first kappa shape index (κ1) is 22.8. The molecule has 136 valence electrons. The number of pyridine rings is 2. The van der Waals surface area contributed by atoms with Gasteiger partial charge in [-0.2, -0.15) is 0 Å². The molecule has 0 aliphatic carbocycles. The van der Waals surface area contributed by atoms with E-state index in [1.807, 2.05) is 0 Å². The summed E-state index contributed by atoms with van der Waals surface area (Å²) in [5.74, 6) is -1.22. The zero-order valence-corrected chi connectivity index (χ0v) is 15.2. The number of nitrogens with zero attached hydrogens (tertiary/aromatic N) is 2. The zero-order chi connectivity index (χ0) is 19.2. The number of halogens is 2. The molecule has 0 unspecified atom stereocenters. The summed E-state index contributed by atoms with van der Waals surface area (Å²) in [4.78, 5) is 28.6. The van der Waals surface area contributed by atoms with Gasteiger partial charge in [0.25, 0.3) is 0 Å². The van der Waals surface area contributed by atoms with Crippen molar-refractivity contribution < 1.29 is 24.5 Å². The van der Waals surface area contributed by atoms with Crippen molar-refractivity contribution in [2.45, 2.75) is 12.8 Å². The minimum absolute atomic E-state index is 0.0767. The van der Waals surface area contributed by atoms with Crippen molar-refractivity contribution in [3.05, 3.63) is 58.1 Å². The minimum atomic E-state index is -0.903. The first-order valence-corrected chi connectivity index (χ1v) is 7.61. The van der Waals surface area contributed by atoms with Crippen molar-refractivity contribution in [1.29, 1.82) is 0 Å². The molecule has 0 spiro atoms. The first-order chi connectivity index (χ1) is 11.9. The molecule has 0 aliphatic heterocycles. The lowest BCUT2D eigenvalue weighted by Gasteiger charge is -2.00. The molecule has 2 aromatic heterocycles. The zero-order valence-electron chi connectivity index (χ0n) is 13.6. The molecule has 25 heavy (non-hydrogen) atoms. The predicted octanol–water partition coefficient (Wildman–Crippen LogP) is 2.42. The van der Waals surface area contributed by atoms with Crippen LogP contribution in [0.25, 0.3) is 0 Å². The Bertz CT molecular complexity index is 683. The molecule has 2 rings (SSSR count). The molecule has 0 bridgehead atoms. The van der Waals surface area contributed by atoms with Crippen LogP contribution < -0.4 is 0 Å². The summed E-state index contributed by atoms with van der Waals surface area (Å²) in [5, 5.41) is 16.0. The van der Waals surface area contributed by atoms with E-state index in [4.69, 9.17) is 33.4 Å². The average molecular weight is 389 g/mol. The second-order valence-electron chi connectivity index (χ2n) is 4.23. The van der Waals surface area contributed by atoms with Crippen LogP contribution in [0.1, 0.15) is 11.1 Å². The molecule has 2 heterocycles. The van der Waals surface area contributed by atoms with Crippen LogP contribution in [-0.4, -0.2) is 46.3 Å². The summed E-state index contributed by atoms with van der Waals surface area (Å²) in [6.07, 6.45) is 3.19. The quantitative estimate of drug-likeness (QED) is 0.611. The number of methoxy groups -OCH3 is 1. The van der Waals surface area contributed by atoms with E-state index in [2.05, 4.69) is 14.7 Å². The Kier molecular flexibility index (Phi) is 11.9. The van der Waals surface area contributed by atoms with Gasteiger partial charge in [0.2, 0.25) is 0 Å². The highest BCUT2D eigenvalue weighted by Crippen LogP contribution is 2.12. The number of aliphatic hydroxyl groups excluding tert-OH is 1. The Balaban J connectivity index is 0.000000421. The highest BCUT2D eigenvalue weighted by molar-refractivity contribution is 6.30. The van der Waals surface area contributed by atoms with Gasteiger partial charge >= 0.3 is 11.9 Å². The van der Waals surface area contributed by atoms with Gasteiger partial charge in [-0.3, -0.25) is 9.59 Å². The van der Waals surface area contributed by atoms with E-state index in [0.717, 1.165) is 7.11 Å². The maximum Gasteiger partial charge on any atom is 0.310 e. The van der Waals surface area contributed by atoms with E-state index in [1.165, 1.54) is 13.3 Å². The molecule has 0 saturated heterocycles. The number of carboxylic acids is 1. The van der Waals surface area contributed by atoms with Gasteiger partial charge in [-0.15, -0.1) is 0 Å². The lowest BCUT2D eigenvalue weighted by Crippen LogP contribution is -2.05. The van der Waals surface area contributed by atoms with E-state index < -0.39 is 5.97 Å². The molecule has 2 aromatic rings. The monoisotopic (exact) mass is 388 g/mol. The fourth-order valence-electron chi connectivity index (χ4n) is 1.49. The van der Waals surface area contributed by atoms with Crippen molar-refractivity contribution >= 4 is 35.1 Å². The maximum atomic E-state index is 10.8. The molecular formula is C16H18Cl2N2O5. The van der Waals surface area contributed by atoms with Crippen LogP contribution in [0.15, 0.2) is 36.7 Å². The van der Waals surface area contributed by atoms with Crippen LogP contribution in [0, 0.1) is 0 Å². The number of hydrogen-bond acceptors (Lipinski definition) is 6. The second kappa shape index (κ2) is 13.1. The Morgan fingerprint density at radius 2 is 1.44 bits per heavy atom. The number of aromatic nitrogens is 2. The van der Waals surface area contributed by atoms with Crippen molar-refractivity contribution in [1.82, 2.24) is 9.97 Å². The number of hydrogen-bond donors (Lipinski definition) is 2. The van der Waals surface area contributed by atoms with Crippen LogP contribution in [0.3, 0.4) is 0 Å². The third kappa shape index (κ3) is 9.61. The van der Waals surface area contributed by atoms with Crippen molar-refractivity contribution in [3.63, 3.8) is 0 Å². The molecule has 7 nitrogen and oxygen atoms in total. The third-order valence-electron chi connectivity index (χ3n) is 2.58. The summed E-state index contributed by atoms with van der Waals surface area (Å²) in [5.41, 5.74) is 1.23. The summed E-state index contributed by atoms with van der Waals surface area (Å²) < 4.78 is 4.48. The Labute approximate surface area is 155 Å². The van der Waals surface area contributed by atoms with Gasteiger partial charge in [0.05, 0.1) is 20.0 Å². The topological polar surface area (TPSA) is 110 Å². The molecular weight excluding hydrogens is 371 g/mol. The van der Waals surface area contributed by atoms with E-state index >= 15 is 0 Å². The van der Waals surface area contributed by atoms with Crippen molar-refractivity contribution in [3.8, 4) is 0 Å². The van der Waals surface area contributed by atoms with Crippen molar-refractivity contribution in [2.75, 3.05) is 14.2 Å². The fraction of sp³-hybridized carbons (Fsp3) is 0.250. The van der Waals surface area contributed by atoms with Crippen LogP contribution in [0.2, 0.25) is 10.3 Å². The SMILES string of the molecule is CO.COC(=O)Cc1cccnc1Cl.O=C(O)Cc1cccnc1Cl. The van der Waals surface area contributed by atoms with E-state index in [-0.39, 0.29) is 24.0 Å². The standard InChI is InChI=1S/C8H8ClNO2.C7H6ClNO2.CH4O/c1-12-7(11)5-6-3-2-4-10-8(6)9;8-7-5(4-6(10)11)2-1-3-9-7;1-2/h2-4H,5H2,1H3;1-3H,4H2,(H,10,11);2H,1H3. The molecule has 0 saturated carbocycles. The van der Waals surface area contributed by atoms with Gasteiger partial charge in [-0.05, 0) is 12.1 Å². The molecule has 0 fully saturated rings. The molecule has 0 aromatic carbocycles. The smallest absolute Gasteiger partial charge is 0.310 e. The lowest BCUT2D eigenvalue weighted by atomic mass is 10.2. The van der Waals surface area contributed by atoms with Crippen LogP contribution >= 0.6 is 23.2 Å². The second-order valence-corrected chi connectivity index (χ2v) is 4.95. The first-order valence-electron chi connectivity index (χ1n) is 6.86. The third-order valence-corrected chi connectivity index (χ3v) is 3.26. The summed E-state index contributed by atoms with van der Waals surface area (Å²) in [7, 11) is 2.34. The Morgan fingerprint density at radius 1 is 1.00 bits per heavy atom. The van der Waals surface area contributed by atoms with E-state index in [1.54, 1.807) is 30.5 Å². The number of aliphatic hydroxyl groups is 1. The van der Waals surface area contributed by atoms with Crippen molar-refractivity contribution in [2.24, 2.45) is 0 Å². The largest absolute Gasteiger partial charge is 0.481 e. The number of aliphatic carboxylic acids is 1. The summed E-state index contributed by atoms with van der Waals surface area (Å²) in [6, 6.07) is 6.77. The number of carbonyl (C=O) groups is 2.